The van der Waals surface area contributed by atoms with Crippen molar-refractivity contribution < 1.29 is 110 Å². The normalized spacial score (nSPS) is 19.8. The molecule has 6 heterocycles. The van der Waals surface area contributed by atoms with E-state index in [0.717, 1.165) is 73.6 Å². The average Bonchev–Trinajstić information content (AvgIpc) is 1.47. The Kier molecular flexibility index (Phi) is 32.4. The highest BCUT2D eigenvalue weighted by Crippen LogP contribution is 2.50. The zero-order valence-corrected chi connectivity index (χ0v) is 81.4. The van der Waals surface area contributed by atoms with Gasteiger partial charge in [0.2, 0.25) is 0 Å². The molecular formula is C104H125ClF2N6O21S2. The minimum Gasteiger partial charge on any atom is -0.490 e. The van der Waals surface area contributed by atoms with Crippen LogP contribution in [0.5, 0.6) is 40.2 Å². The second-order valence-corrected chi connectivity index (χ2v) is 43.7. The first-order valence-electron chi connectivity index (χ1n) is 46.2. The molecule has 136 heavy (non-hydrogen) atoms. The largest absolute Gasteiger partial charge is 0.490 e. The number of carboxylic acid groups (broad SMARTS) is 1. The van der Waals surface area contributed by atoms with Crippen molar-refractivity contribution >= 4 is 56.9 Å². The fraction of sp³-hybridized carbons (Fsp3) is 0.471. The summed E-state index contributed by atoms with van der Waals surface area (Å²) in [5.74, 6) is 1.71. The highest BCUT2D eigenvalue weighted by molar-refractivity contribution is 7.84. The number of Topliss-reactive ketones (excluding diaryl/α,β-unsaturated/α-hetero) is 3. The van der Waals surface area contributed by atoms with Crippen molar-refractivity contribution in [3.63, 3.8) is 0 Å². The summed E-state index contributed by atoms with van der Waals surface area (Å²) in [5, 5.41) is 80.6. The third-order valence-corrected chi connectivity index (χ3v) is 28.4. The predicted molar refractivity (Wildman–Crippen MR) is 513 cm³/mol. The van der Waals surface area contributed by atoms with Gasteiger partial charge in [-0.1, -0.05) is 54.1 Å². The van der Waals surface area contributed by atoms with Gasteiger partial charge in [-0.05, 0) is 299 Å². The van der Waals surface area contributed by atoms with Gasteiger partial charge in [0.15, 0.2) is 39.8 Å². The summed E-state index contributed by atoms with van der Waals surface area (Å²) >= 11 is 6.45. The number of hydrogen-bond donors (Lipinski definition) is 11. The number of carbonyl (C=O) groups is 4. The summed E-state index contributed by atoms with van der Waals surface area (Å²) in [5.41, 5.74) is 9.92. The van der Waals surface area contributed by atoms with Gasteiger partial charge in [-0.2, -0.15) is 0 Å². The van der Waals surface area contributed by atoms with E-state index in [1.165, 1.54) is 36.4 Å². The SMILES string of the molecule is CC(O)(CCC(=O)c1ccc(CCO)c(OC2CC2)c1)c1cc2c(c(-c3ccc(F)cc3)n1)OCC2(C)NS(=O)C(C)(C)C.CC(O)(CCC(=O)c1ccc(CCO)c(OC2CC2)c1)c1cc2c(c(Cl)n1)OCC2(C)NS(=O)C(C)(C)C.CC1(N)COc2c1cc(C(C)(O)CCC(=O)c1ccc(CCO)c(OC3CC3)c1)nc2-c1ccc(F)cc1.O=C(O)c1ccc(CCO)c(OC2CC2)c1. The molecular weight excluding hydrogens is 1810 g/mol. The van der Waals surface area contributed by atoms with Crippen LogP contribution in [0.4, 0.5) is 8.78 Å². The summed E-state index contributed by atoms with van der Waals surface area (Å²) in [6, 6.07) is 37.6. The van der Waals surface area contributed by atoms with E-state index in [1.807, 2.05) is 80.5 Å². The van der Waals surface area contributed by atoms with Gasteiger partial charge in [0.25, 0.3) is 0 Å². The molecule has 0 spiro atoms. The highest BCUT2D eigenvalue weighted by Gasteiger charge is 2.47. The molecule has 0 saturated heterocycles. The number of nitrogens with two attached hydrogens (primary N) is 1. The van der Waals surface area contributed by atoms with Gasteiger partial charge in [0.05, 0.1) is 95.1 Å². The molecule has 4 fully saturated rings. The molecule has 32 heteroatoms. The van der Waals surface area contributed by atoms with Crippen LogP contribution in [0.15, 0.2) is 140 Å². The average molecular weight is 1930 g/mol. The molecule has 7 aliphatic rings. The number of hydrogen-bond acceptors (Lipinski definition) is 24. The van der Waals surface area contributed by atoms with E-state index in [2.05, 4.69) is 14.4 Å². The fourth-order valence-electron chi connectivity index (χ4n) is 15.4. The molecule has 0 bridgehead atoms. The number of ketones is 3. The van der Waals surface area contributed by atoms with E-state index < -0.39 is 76.7 Å². The molecule has 12 N–H and O–H groups in total. The predicted octanol–water partition coefficient (Wildman–Crippen LogP) is 15.7. The van der Waals surface area contributed by atoms with Gasteiger partial charge in [-0.3, -0.25) is 14.4 Å². The lowest BCUT2D eigenvalue weighted by atomic mass is 9.88. The molecule has 3 aliphatic heterocycles. The van der Waals surface area contributed by atoms with Crippen molar-refractivity contribution in [2.75, 3.05) is 46.2 Å². The lowest BCUT2D eigenvalue weighted by molar-refractivity contribution is 0.0395. The summed E-state index contributed by atoms with van der Waals surface area (Å²) in [6.07, 6.45) is 11.0. The first kappa shape index (κ1) is 103. The molecule has 8 unspecified atom stereocenters. The molecule has 3 aromatic heterocycles. The van der Waals surface area contributed by atoms with Crippen LogP contribution < -0.4 is 48.3 Å². The monoisotopic (exact) mass is 1930 g/mol. The third kappa shape index (κ3) is 26.1. The van der Waals surface area contributed by atoms with Crippen LogP contribution >= 0.6 is 11.6 Å². The number of halogens is 3. The van der Waals surface area contributed by atoms with E-state index in [0.29, 0.717) is 139 Å². The van der Waals surface area contributed by atoms with Crippen LogP contribution in [0.1, 0.15) is 270 Å². The third-order valence-electron chi connectivity index (χ3n) is 24.6. The molecule has 0 amide bonds. The number of aliphatic hydroxyl groups is 7. The maximum Gasteiger partial charge on any atom is 0.335 e. The number of carbonyl (C=O) groups excluding carboxylic acids is 3. The van der Waals surface area contributed by atoms with Gasteiger partial charge >= 0.3 is 5.97 Å². The Bertz CT molecular complexity index is 5910. The summed E-state index contributed by atoms with van der Waals surface area (Å²) in [6.45, 7) is 22.4. The van der Waals surface area contributed by atoms with Gasteiger partial charge in [-0.25, -0.2) is 46.4 Å². The first-order valence-corrected chi connectivity index (χ1v) is 48.9. The summed E-state index contributed by atoms with van der Waals surface area (Å²) in [4.78, 5) is 64.3. The molecule has 8 atom stereocenters. The number of ether oxygens (including phenoxy) is 7. The maximum atomic E-state index is 13.8. The van der Waals surface area contributed by atoms with Crippen LogP contribution in [0.2, 0.25) is 5.15 Å². The van der Waals surface area contributed by atoms with Crippen molar-refractivity contribution in [1.29, 1.82) is 0 Å². The molecule has 4 saturated carbocycles. The Morgan fingerprint density at radius 1 is 0.434 bits per heavy atom. The van der Waals surface area contributed by atoms with Gasteiger partial charge in [0, 0.05) is 90.2 Å². The molecule has 9 aromatic rings. The number of aromatic carboxylic acids is 1. The van der Waals surface area contributed by atoms with Crippen LogP contribution in [0, 0.1) is 11.6 Å². The fourth-order valence-corrected chi connectivity index (χ4v) is 17.4. The lowest BCUT2D eigenvalue weighted by Crippen LogP contribution is -2.47. The Morgan fingerprint density at radius 2 is 0.721 bits per heavy atom. The second-order valence-electron chi connectivity index (χ2n) is 39.4. The Labute approximate surface area is 802 Å². The minimum atomic E-state index is -1.52. The van der Waals surface area contributed by atoms with Crippen molar-refractivity contribution in [1.82, 2.24) is 24.4 Å². The zero-order chi connectivity index (χ0) is 98.4. The summed E-state index contributed by atoms with van der Waals surface area (Å²) in [7, 11) is -2.79. The van der Waals surface area contributed by atoms with E-state index in [9.17, 15) is 67.0 Å². The zero-order valence-electron chi connectivity index (χ0n) is 79.0. The Morgan fingerprint density at radius 3 is 1.04 bits per heavy atom. The van der Waals surface area contributed by atoms with E-state index in [-0.39, 0.29) is 143 Å². The number of aromatic nitrogens is 3. The van der Waals surface area contributed by atoms with Crippen LogP contribution in [0.3, 0.4) is 0 Å². The number of pyridine rings is 3. The number of nitrogens with zero attached hydrogens (tertiary/aromatic N) is 3. The van der Waals surface area contributed by atoms with Crippen molar-refractivity contribution in [2.24, 2.45) is 5.73 Å². The van der Waals surface area contributed by atoms with Gasteiger partial charge in [-0.15, -0.1) is 0 Å². The molecule has 6 aromatic carbocycles. The minimum absolute atomic E-state index is 0.000748. The van der Waals surface area contributed by atoms with Crippen LogP contribution in [-0.4, -0.2) is 168 Å². The number of rotatable bonds is 38. The smallest absolute Gasteiger partial charge is 0.335 e. The van der Waals surface area contributed by atoms with Crippen molar-refractivity contribution in [3.8, 4) is 62.8 Å². The molecule has 16 rings (SSSR count). The van der Waals surface area contributed by atoms with Gasteiger partial charge in [0.1, 0.15) is 82.6 Å². The number of aliphatic hydroxyl groups excluding tert-OH is 4. The number of carboxylic acids is 1. The van der Waals surface area contributed by atoms with E-state index in [4.69, 9.17) is 70.7 Å². The highest BCUT2D eigenvalue weighted by atomic mass is 35.5. The van der Waals surface area contributed by atoms with Crippen molar-refractivity contribution in [3.05, 3.63) is 235 Å². The maximum absolute atomic E-state index is 13.8. The second kappa shape index (κ2) is 42.7. The molecule has 4 aliphatic carbocycles. The lowest BCUT2D eigenvalue weighted by Gasteiger charge is -2.30. The number of fused-ring (bicyclic) bond motifs is 3. The molecule has 0 radical (unpaired) electrons. The van der Waals surface area contributed by atoms with Gasteiger partial charge < -0.3 is 79.7 Å². The number of nitrogens with one attached hydrogen (secondary N) is 2. The topological polar surface area (TPSA) is 418 Å². The van der Waals surface area contributed by atoms with E-state index in [1.54, 1.807) is 106 Å². The Balaban J connectivity index is 0.000000160. The van der Waals surface area contributed by atoms with Crippen LogP contribution in [0.25, 0.3) is 22.5 Å². The van der Waals surface area contributed by atoms with E-state index >= 15 is 0 Å². The number of benzene rings is 6. The van der Waals surface area contributed by atoms with Crippen LogP contribution in [-0.2, 0) is 81.1 Å². The quantitative estimate of drug-likeness (QED) is 0.0126. The van der Waals surface area contributed by atoms with Crippen molar-refractivity contribution in [2.45, 2.75) is 266 Å². The first-order chi connectivity index (χ1) is 64.2. The summed E-state index contributed by atoms with van der Waals surface area (Å²) < 4.78 is 100. The molecule has 730 valence electrons. The molecule has 27 nitrogen and oxygen atoms in total. The standard InChI is InChI=1S/C34H41FN2O6S.C30H33FN2O5.C28H37ClN2O6S.C12H14O4/c1-32(2,3)44(41)37-33(4)20-42-31-26(33)19-29(36-30(31)22-8-10-24(35)11-9-22)34(5,40)16-14-27(39)23-7-6-21(15-17-38)28(18-23)43-25-12-13-25;1-29(32)17-37-28-23(29)16-26(33-27(28)19-5-7-21(31)8-6-19)30(2,36)13-11-24(35)20-4-3-18(12-14-34)25(15-20)38-22-9-10-22;1-26(2,3)38(35)31-27(4)16-36-24-20(27)15-23(30-25(24)29)28(5,34)12-10-21(33)18-7-6-17(11-13-32)22(14-18)37-19-8-9-19;13-6-5-8-1-2-9(12(14)15)7-11(8)16-10-3-4-10/h6-11,18-19,25,37-38,40H,12-17,20H2,1-5H3;3-8,15-16,22,34,36H,9-14,17,32H2,1-2H3;6-7,14-15,19,31-32,34H,8-13,16H2,1-5H3;1-2,7,10,13H,3-6H2,(H,14,15). The Hall–Kier alpha value is -10.1.